The summed E-state index contributed by atoms with van der Waals surface area (Å²) in [5.74, 6) is 1.93. The van der Waals surface area contributed by atoms with Crippen molar-refractivity contribution in [3.8, 4) is 45.5 Å². The van der Waals surface area contributed by atoms with Crippen LogP contribution in [0.15, 0.2) is 66.9 Å². The van der Waals surface area contributed by atoms with Crippen LogP contribution in [-0.4, -0.2) is 70.6 Å². The van der Waals surface area contributed by atoms with Crippen molar-refractivity contribution in [3.63, 3.8) is 0 Å². The zero-order valence-electron chi connectivity index (χ0n) is 27.2. The molecule has 0 bridgehead atoms. The number of hydrogen-bond acceptors (Lipinski definition) is 9. The molecule has 0 unspecified atom stereocenters. The van der Waals surface area contributed by atoms with Crippen molar-refractivity contribution in [3.05, 3.63) is 83.0 Å². The Hall–Kier alpha value is -4.19. The van der Waals surface area contributed by atoms with E-state index in [0.717, 1.165) is 70.1 Å². The summed E-state index contributed by atoms with van der Waals surface area (Å²) in [5.41, 5.74) is 6.90. The second-order valence-electron chi connectivity index (χ2n) is 12.6. The molecule has 0 atom stereocenters. The lowest BCUT2D eigenvalue weighted by Gasteiger charge is -2.32. The first-order valence-electron chi connectivity index (χ1n) is 16.2. The van der Waals surface area contributed by atoms with Gasteiger partial charge in [0.25, 0.3) is 0 Å². The van der Waals surface area contributed by atoms with Crippen molar-refractivity contribution in [1.29, 1.82) is 0 Å². The fraction of sp³-hybridized carbons (Fsp3) is 0.351. The van der Waals surface area contributed by atoms with Crippen molar-refractivity contribution in [1.82, 2.24) is 25.4 Å². The summed E-state index contributed by atoms with van der Waals surface area (Å²) in [5, 5.41) is 32.6. The van der Waals surface area contributed by atoms with E-state index in [0.29, 0.717) is 47.2 Å². The van der Waals surface area contributed by atoms with Crippen molar-refractivity contribution in [2.75, 3.05) is 21.3 Å². The van der Waals surface area contributed by atoms with Gasteiger partial charge in [-0.25, -0.2) is 9.67 Å². The van der Waals surface area contributed by atoms with Gasteiger partial charge < -0.3 is 35.1 Å². The number of aromatic nitrogens is 3. The van der Waals surface area contributed by atoms with Crippen LogP contribution in [0, 0.1) is 0 Å². The number of pyridine rings is 1. The second-order valence-corrected chi connectivity index (χ2v) is 12.9. The molecule has 4 N–H and O–H groups in total. The normalized spacial score (nSPS) is 20.3. The Labute approximate surface area is 284 Å². The van der Waals surface area contributed by atoms with Gasteiger partial charge >= 0.3 is 0 Å². The highest BCUT2D eigenvalue weighted by atomic mass is 35.5. The van der Waals surface area contributed by atoms with E-state index < -0.39 is 0 Å². The zero-order chi connectivity index (χ0) is 33.4. The molecule has 2 heterocycles. The number of hydrogen-bond donors (Lipinski definition) is 4. The number of ether oxygens (including phenoxy) is 3. The van der Waals surface area contributed by atoms with E-state index in [9.17, 15) is 10.2 Å². The molecule has 2 saturated carbocycles. The lowest BCUT2D eigenvalue weighted by atomic mass is 9.89. The molecule has 0 amide bonds. The zero-order valence-corrected chi connectivity index (χ0v) is 28.0. The largest absolute Gasteiger partial charge is 0.496 e. The van der Waals surface area contributed by atoms with Crippen LogP contribution in [0.5, 0.6) is 17.4 Å². The topological polar surface area (TPSA) is 123 Å². The van der Waals surface area contributed by atoms with Gasteiger partial charge in [-0.3, -0.25) is 0 Å². The number of benzene rings is 3. The molecule has 2 aromatic heterocycles. The highest BCUT2D eigenvalue weighted by Gasteiger charge is 2.28. The van der Waals surface area contributed by atoms with Gasteiger partial charge in [0.2, 0.25) is 5.88 Å². The van der Waals surface area contributed by atoms with Crippen LogP contribution >= 0.6 is 11.6 Å². The minimum absolute atomic E-state index is 0.209. The van der Waals surface area contributed by atoms with Gasteiger partial charge in [-0.2, -0.15) is 5.10 Å². The first kappa shape index (κ1) is 32.4. The number of fused-ring (bicyclic) bond motifs is 1. The molecule has 5 aromatic rings. The number of halogens is 1. The summed E-state index contributed by atoms with van der Waals surface area (Å²) in [6.45, 7) is 1.17. The van der Waals surface area contributed by atoms with Crippen LogP contribution in [0.1, 0.15) is 36.8 Å². The number of aliphatic hydroxyl groups excluding tert-OH is 2. The predicted octanol–water partition coefficient (Wildman–Crippen LogP) is 5.66. The van der Waals surface area contributed by atoms with E-state index >= 15 is 0 Å². The van der Waals surface area contributed by atoms with E-state index in [1.54, 1.807) is 21.3 Å². The number of aliphatic hydroxyl groups is 2. The Morgan fingerprint density at radius 3 is 2.06 bits per heavy atom. The molecule has 10 nitrogen and oxygen atoms in total. The third-order valence-corrected chi connectivity index (χ3v) is 9.93. The summed E-state index contributed by atoms with van der Waals surface area (Å²) in [6, 6.07) is 20.5. The quantitative estimate of drug-likeness (QED) is 0.133. The Balaban J connectivity index is 1.19. The molecule has 250 valence electrons. The van der Waals surface area contributed by atoms with Crippen LogP contribution in [0.3, 0.4) is 0 Å². The van der Waals surface area contributed by atoms with Crippen LogP contribution in [-0.2, 0) is 13.1 Å². The molecule has 0 radical (unpaired) electrons. The van der Waals surface area contributed by atoms with Gasteiger partial charge in [-0.15, -0.1) is 0 Å². The molecule has 3 aromatic carbocycles. The van der Waals surface area contributed by atoms with Crippen molar-refractivity contribution in [2.45, 2.75) is 63.1 Å². The Bertz CT molecular complexity index is 1910. The molecular formula is C37H40ClN5O5. The minimum atomic E-state index is -0.225. The van der Waals surface area contributed by atoms with Gasteiger partial charge in [0.15, 0.2) is 0 Å². The molecule has 11 heteroatoms. The summed E-state index contributed by atoms with van der Waals surface area (Å²) in [7, 11) is 4.93. The number of rotatable bonds is 12. The van der Waals surface area contributed by atoms with Gasteiger partial charge in [0, 0.05) is 59.4 Å². The highest BCUT2D eigenvalue weighted by molar-refractivity contribution is 6.36. The smallest absolute Gasteiger partial charge is 0.218 e. The van der Waals surface area contributed by atoms with Crippen molar-refractivity contribution in [2.24, 2.45) is 0 Å². The van der Waals surface area contributed by atoms with E-state index in [-0.39, 0.29) is 18.2 Å². The van der Waals surface area contributed by atoms with E-state index in [4.69, 9.17) is 35.9 Å². The van der Waals surface area contributed by atoms with Gasteiger partial charge in [-0.1, -0.05) is 48.0 Å². The third-order valence-electron chi connectivity index (χ3n) is 9.52. The van der Waals surface area contributed by atoms with Crippen LogP contribution in [0.25, 0.3) is 39.0 Å². The lowest BCUT2D eigenvalue weighted by molar-refractivity contribution is 0.0614. The number of methoxy groups -OCH3 is 3. The van der Waals surface area contributed by atoms with Gasteiger partial charge in [0.1, 0.15) is 11.5 Å². The molecule has 0 saturated heterocycles. The molecule has 2 fully saturated rings. The molecule has 2 aliphatic carbocycles. The average Bonchev–Trinajstić information content (AvgIpc) is 3.52. The van der Waals surface area contributed by atoms with Gasteiger partial charge in [-0.05, 0) is 43.4 Å². The van der Waals surface area contributed by atoms with Crippen LogP contribution < -0.4 is 24.8 Å². The maximum atomic E-state index is 9.67. The summed E-state index contributed by atoms with van der Waals surface area (Å²) in [6.07, 6.45) is 4.45. The predicted molar refractivity (Wildman–Crippen MR) is 186 cm³/mol. The van der Waals surface area contributed by atoms with Gasteiger partial charge in [0.05, 0.1) is 67.2 Å². The maximum absolute atomic E-state index is 9.67. The maximum Gasteiger partial charge on any atom is 0.218 e. The first-order chi connectivity index (χ1) is 23.4. The summed E-state index contributed by atoms with van der Waals surface area (Å²) in [4.78, 5) is 4.82. The Morgan fingerprint density at radius 2 is 1.42 bits per heavy atom. The number of nitrogens with one attached hydrogen (secondary N) is 2. The average molecular weight is 670 g/mol. The monoisotopic (exact) mass is 669 g/mol. The fourth-order valence-corrected chi connectivity index (χ4v) is 6.96. The molecule has 2 aliphatic rings. The molecule has 48 heavy (non-hydrogen) atoms. The highest BCUT2D eigenvalue weighted by Crippen LogP contribution is 2.40. The third kappa shape index (κ3) is 6.22. The van der Waals surface area contributed by atoms with E-state index in [1.165, 1.54) is 0 Å². The molecule has 0 spiro atoms. The van der Waals surface area contributed by atoms with Crippen LogP contribution in [0.4, 0.5) is 0 Å². The summed E-state index contributed by atoms with van der Waals surface area (Å²) < 4.78 is 19.2. The SMILES string of the molecule is COc1cc(-n2ncc3c(-c4cccc(-c5ccc(CNC6CC(O)C6)c(OC)n5)c4Cl)cccc32)cc(OC)c1CNC1CC(O)C1. The second kappa shape index (κ2) is 13.7. The fourth-order valence-electron chi connectivity index (χ4n) is 6.64. The van der Waals surface area contributed by atoms with E-state index in [1.807, 2.05) is 71.5 Å². The standard InChI is InChI=1S/C37H40ClN5O5/c1-46-34-16-24(17-35(47-2)31(34)19-40-23-14-26(45)15-23)43-33-9-5-6-27(30(33)20-41-43)28-7-4-8-29(36(28)38)32-11-10-21(37(42-32)48-3)18-39-22-12-25(44)13-22/h4-11,16-17,20,22-23,25-26,39-40,44-45H,12-15,18-19H2,1-3H3. The van der Waals surface area contributed by atoms with Crippen LogP contribution in [0.2, 0.25) is 5.02 Å². The lowest BCUT2D eigenvalue weighted by Crippen LogP contribution is -2.43. The molecule has 0 aliphatic heterocycles. The Kier molecular flexibility index (Phi) is 9.26. The van der Waals surface area contributed by atoms with Crippen molar-refractivity contribution < 1.29 is 24.4 Å². The summed E-state index contributed by atoms with van der Waals surface area (Å²) >= 11 is 7.15. The molecule has 7 rings (SSSR count). The Morgan fingerprint density at radius 1 is 0.792 bits per heavy atom. The minimum Gasteiger partial charge on any atom is -0.496 e. The van der Waals surface area contributed by atoms with Crippen molar-refractivity contribution >= 4 is 22.5 Å². The molecular weight excluding hydrogens is 630 g/mol. The van der Waals surface area contributed by atoms with E-state index in [2.05, 4.69) is 10.6 Å². The number of nitrogens with zero attached hydrogens (tertiary/aromatic N) is 3. The first-order valence-corrected chi connectivity index (χ1v) is 16.6.